The number of hydrogen-bond acceptors (Lipinski definition) is 6. The first-order valence-corrected chi connectivity index (χ1v) is 12.9. The predicted molar refractivity (Wildman–Crippen MR) is 130 cm³/mol. The van der Waals surface area contributed by atoms with Gasteiger partial charge in [0.05, 0.1) is 29.5 Å². The quantitative estimate of drug-likeness (QED) is 0.305. The Bertz CT molecular complexity index is 1080. The Morgan fingerprint density at radius 1 is 1.14 bits per heavy atom. The molecule has 3 heterocycles. The molecular weight excluding hydrogens is 566 g/mol. The third-order valence-corrected chi connectivity index (χ3v) is 7.40. The van der Waals surface area contributed by atoms with E-state index in [0.717, 1.165) is 4.90 Å². The Morgan fingerprint density at radius 2 is 1.86 bits per heavy atom. The van der Waals surface area contributed by atoms with Gasteiger partial charge in [0.2, 0.25) is 5.91 Å². The molecule has 9 nitrogen and oxygen atoms in total. The topological polar surface area (TPSA) is 108 Å². The van der Waals surface area contributed by atoms with Crippen molar-refractivity contribution < 1.29 is 32.1 Å². The molecule has 0 aliphatic carbocycles. The average molecular weight is 594 g/mol. The lowest BCUT2D eigenvalue weighted by Gasteiger charge is -2.38. The van der Waals surface area contributed by atoms with Gasteiger partial charge in [-0.25, -0.2) is 17.6 Å². The van der Waals surface area contributed by atoms with Gasteiger partial charge in [0, 0.05) is 55.6 Å². The monoisotopic (exact) mass is 593 g/mol. The Balaban J connectivity index is 1.56. The average Bonchev–Trinajstić information content (AvgIpc) is 2.82. The summed E-state index contributed by atoms with van der Waals surface area (Å²) in [6, 6.07) is 2.06. The molecule has 2 atom stereocenters. The van der Waals surface area contributed by atoms with E-state index in [2.05, 4.69) is 26.6 Å². The predicted octanol–water partition coefficient (Wildman–Crippen LogP) is 3.88. The summed E-state index contributed by atoms with van der Waals surface area (Å²) in [6.07, 6.45) is 0.239. The molecule has 4 rings (SSSR count). The van der Waals surface area contributed by atoms with Crippen molar-refractivity contribution in [2.75, 3.05) is 44.6 Å². The number of nitro groups is 1. The molecule has 204 valence electrons. The summed E-state index contributed by atoms with van der Waals surface area (Å²) in [5.74, 6) is -8.09. The van der Waals surface area contributed by atoms with Crippen molar-refractivity contribution in [3.8, 4) is 0 Å². The number of hydrogen-bond donors (Lipinski definition) is 2. The highest BCUT2D eigenvalue weighted by Crippen LogP contribution is 2.36. The van der Waals surface area contributed by atoms with E-state index in [4.69, 9.17) is 0 Å². The second-order valence-electron chi connectivity index (χ2n) is 9.95. The number of carbonyl (C=O) groups is 2. The molecule has 0 radical (unpaired) electrons. The smallest absolute Gasteiger partial charge is 0.294 e. The molecule has 2 amide bonds. The Labute approximate surface area is 219 Å². The summed E-state index contributed by atoms with van der Waals surface area (Å²) >= 11 is 3.17. The van der Waals surface area contributed by atoms with Crippen LogP contribution in [0.15, 0.2) is 16.6 Å². The zero-order valence-corrected chi connectivity index (χ0v) is 21.5. The van der Waals surface area contributed by atoms with Gasteiger partial charge in [0.1, 0.15) is 5.69 Å². The third-order valence-electron chi connectivity index (χ3n) is 6.94. The van der Waals surface area contributed by atoms with Crippen LogP contribution in [0.4, 0.5) is 28.9 Å². The van der Waals surface area contributed by atoms with Crippen molar-refractivity contribution >= 4 is 39.1 Å². The van der Waals surface area contributed by atoms with E-state index in [1.807, 2.05) is 0 Å². The molecule has 1 aromatic rings. The standard InChI is InChI=1S/C23H28BrF4N5O4/c24-15-7-17(21(35)32-6-2-4-22(25,26)13-32)19(18(8-15)33(36)37)30-16-3-1-5-31(11-16)20(34)14-9-23(27,28)12-29-10-14/h7-8,14,16,29-30H,1-6,9-13H2/t14?,16-/m1/s1. The molecule has 37 heavy (non-hydrogen) atoms. The zero-order chi connectivity index (χ0) is 27.0. The molecule has 1 aromatic carbocycles. The molecule has 14 heteroatoms. The van der Waals surface area contributed by atoms with Gasteiger partial charge in [-0.1, -0.05) is 15.9 Å². The molecule has 0 aromatic heterocycles. The lowest BCUT2D eigenvalue weighted by molar-refractivity contribution is -0.384. The minimum absolute atomic E-state index is 0.0972. The highest BCUT2D eigenvalue weighted by molar-refractivity contribution is 9.10. The van der Waals surface area contributed by atoms with Crippen LogP contribution in [-0.4, -0.2) is 83.7 Å². The van der Waals surface area contributed by atoms with Gasteiger partial charge < -0.3 is 20.4 Å². The number of halogens is 5. The summed E-state index contributed by atoms with van der Waals surface area (Å²) in [5.41, 5.74) is -0.656. The molecule has 3 fully saturated rings. The van der Waals surface area contributed by atoms with Crippen LogP contribution in [-0.2, 0) is 4.79 Å². The molecule has 3 aliphatic heterocycles. The number of likely N-dealkylation sites (tertiary alicyclic amines) is 2. The van der Waals surface area contributed by atoms with E-state index >= 15 is 0 Å². The van der Waals surface area contributed by atoms with Gasteiger partial charge in [0.25, 0.3) is 23.4 Å². The van der Waals surface area contributed by atoms with E-state index in [1.165, 1.54) is 17.0 Å². The molecule has 1 unspecified atom stereocenters. The van der Waals surface area contributed by atoms with Gasteiger partial charge in [-0.3, -0.25) is 19.7 Å². The normalized spacial score (nSPS) is 25.4. The molecule has 2 N–H and O–H groups in total. The minimum atomic E-state index is -3.05. The first-order chi connectivity index (χ1) is 17.3. The van der Waals surface area contributed by atoms with Crippen LogP contribution in [0, 0.1) is 16.0 Å². The van der Waals surface area contributed by atoms with Crippen molar-refractivity contribution in [3.63, 3.8) is 0 Å². The maximum Gasteiger partial charge on any atom is 0.294 e. The van der Waals surface area contributed by atoms with Gasteiger partial charge >= 0.3 is 0 Å². The molecular formula is C23H28BrF4N5O4. The lowest BCUT2D eigenvalue weighted by atomic mass is 9.94. The van der Waals surface area contributed by atoms with Crippen LogP contribution in [0.5, 0.6) is 0 Å². The van der Waals surface area contributed by atoms with Crippen LogP contribution >= 0.6 is 15.9 Å². The summed E-state index contributed by atoms with van der Waals surface area (Å²) in [7, 11) is 0. The van der Waals surface area contributed by atoms with Gasteiger partial charge in [-0.2, -0.15) is 0 Å². The van der Waals surface area contributed by atoms with Crippen LogP contribution < -0.4 is 10.6 Å². The third kappa shape index (κ3) is 6.51. The SMILES string of the molecule is O=C(c1cc(Br)cc([N+](=O)[O-])c1N[C@@H]1CCCN(C(=O)C2CNCC(F)(F)C2)C1)N1CCCC(F)(F)C1. The van der Waals surface area contributed by atoms with E-state index in [0.29, 0.717) is 19.4 Å². The second kappa shape index (κ2) is 10.7. The Morgan fingerprint density at radius 3 is 2.54 bits per heavy atom. The zero-order valence-electron chi connectivity index (χ0n) is 20.0. The van der Waals surface area contributed by atoms with E-state index < -0.39 is 65.7 Å². The lowest BCUT2D eigenvalue weighted by Crippen LogP contribution is -2.53. The fourth-order valence-corrected chi connectivity index (χ4v) is 5.68. The molecule has 0 spiro atoms. The fraction of sp³-hybridized carbons (Fsp3) is 0.652. The van der Waals surface area contributed by atoms with Gasteiger partial charge in [0.15, 0.2) is 0 Å². The summed E-state index contributed by atoms with van der Waals surface area (Å²) in [6.45, 7) is -0.564. The number of amides is 2. The maximum absolute atomic E-state index is 14.0. The van der Waals surface area contributed by atoms with Crippen molar-refractivity contribution in [1.29, 1.82) is 0 Å². The number of carbonyl (C=O) groups excluding carboxylic acids is 2. The van der Waals surface area contributed by atoms with Gasteiger partial charge in [-0.15, -0.1) is 0 Å². The Kier molecular flexibility index (Phi) is 7.98. The van der Waals surface area contributed by atoms with Crippen LogP contribution in [0.2, 0.25) is 0 Å². The number of anilines is 1. The largest absolute Gasteiger partial charge is 0.374 e. The second-order valence-corrected chi connectivity index (χ2v) is 10.9. The number of nitro benzene ring substituents is 1. The molecule has 3 saturated heterocycles. The number of nitrogens with zero attached hydrogens (tertiary/aromatic N) is 3. The van der Waals surface area contributed by atoms with E-state index in [1.54, 1.807) is 0 Å². The van der Waals surface area contributed by atoms with E-state index in [-0.39, 0.29) is 48.2 Å². The Hall–Kier alpha value is -2.48. The van der Waals surface area contributed by atoms with Gasteiger partial charge in [-0.05, 0) is 25.3 Å². The number of benzene rings is 1. The number of nitrogens with one attached hydrogen (secondary N) is 2. The highest BCUT2D eigenvalue weighted by Gasteiger charge is 2.42. The highest BCUT2D eigenvalue weighted by atomic mass is 79.9. The summed E-state index contributed by atoms with van der Waals surface area (Å²) in [4.78, 5) is 39.9. The summed E-state index contributed by atoms with van der Waals surface area (Å²) in [5, 5.41) is 17.5. The summed E-state index contributed by atoms with van der Waals surface area (Å²) < 4.78 is 55.9. The van der Waals surface area contributed by atoms with Crippen molar-refractivity contribution in [1.82, 2.24) is 15.1 Å². The van der Waals surface area contributed by atoms with Crippen molar-refractivity contribution in [2.45, 2.75) is 50.0 Å². The van der Waals surface area contributed by atoms with E-state index in [9.17, 15) is 37.3 Å². The van der Waals surface area contributed by atoms with Crippen LogP contribution in [0.25, 0.3) is 0 Å². The first-order valence-electron chi connectivity index (χ1n) is 12.1. The molecule has 3 aliphatic rings. The van der Waals surface area contributed by atoms with Crippen molar-refractivity contribution in [2.24, 2.45) is 5.92 Å². The van der Waals surface area contributed by atoms with Crippen LogP contribution in [0.1, 0.15) is 42.5 Å². The number of alkyl halides is 4. The first kappa shape index (κ1) is 27.6. The molecule has 0 saturated carbocycles. The fourth-order valence-electron chi connectivity index (χ4n) is 5.23. The van der Waals surface area contributed by atoms with Crippen LogP contribution in [0.3, 0.4) is 0 Å². The maximum atomic E-state index is 14.0. The number of piperidine rings is 3. The molecule has 0 bridgehead atoms. The number of rotatable bonds is 5. The van der Waals surface area contributed by atoms with Crippen molar-refractivity contribution in [3.05, 3.63) is 32.3 Å². The minimum Gasteiger partial charge on any atom is -0.374 e.